The van der Waals surface area contributed by atoms with Crippen molar-refractivity contribution in [3.05, 3.63) is 169 Å². The van der Waals surface area contributed by atoms with Crippen molar-refractivity contribution in [3.63, 3.8) is 0 Å². The topological polar surface area (TPSA) is 30.3 Å². The largest absolute Gasteiger partial charge is 0.310 e. The molecule has 0 atom stereocenters. The van der Waals surface area contributed by atoms with Crippen LogP contribution < -0.4 is 9.80 Å². The molecule has 0 unspecified atom stereocenters. The molecular weight excluding hydrogens is 534 g/mol. The first kappa shape index (κ1) is 25.6. The maximum atomic E-state index is 9.44. The summed E-state index contributed by atoms with van der Waals surface area (Å²) in [6.45, 7) is 0. The zero-order chi connectivity index (χ0) is 29.5. The molecule has 0 amide bonds. The number of hydrogen-bond donors (Lipinski definition) is 0. The summed E-state index contributed by atoms with van der Waals surface area (Å²) in [6, 6.07) is 59.6. The Labute approximate surface area is 256 Å². The Balaban J connectivity index is 1.40. The molecule has 0 heterocycles. The van der Waals surface area contributed by atoms with E-state index in [1.165, 1.54) is 32.3 Å². The summed E-state index contributed by atoms with van der Waals surface area (Å²) in [7, 11) is 0. The molecule has 0 saturated carbocycles. The summed E-state index contributed by atoms with van der Waals surface area (Å²) in [5.41, 5.74) is 7.18. The van der Waals surface area contributed by atoms with E-state index in [1.54, 1.807) is 0 Å². The third kappa shape index (κ3) is 4.21. The molecule has 0 aliphatic carbocycles. The number of hydrogen-bond acceptors (Lipinski definition) is 3. The monoisotopic (exact) mass is 561 g/mol. The molecule has 0 bridgehead atoms. The van der Waals surface area contributed by atoms with Gasteiger partial charge in [0.2, 0.25) is 0 Å². The second kappa shape index (κ2) is 10.6. The van der Waals surface area contributed by atoms with Gasteiger partial charge in [-0.05, 0) is 94.3 Å². The van der Waals surface area contributed by atoms with Crippen LogP contribution >= 0.6 is 0 Å². The molecule has 0 radical (unpaired) electrons. The predicted octanol–water partition coefficient (Wildman–Crippen LogP) is 11.4. The average molecular weight is 562 g/mol. The van der Waals surface area contributed by atoms with Crippen LogP contribution in [0, 0.1) is 11.3 Å². The highest BCUT2D eigenvalue weighted by atomic mass is 15.1. The third-order valence-electron chi connectivity index (χ3n) is 8.40. The van der Waals surface area contributed by atoms with Crippen molar-refractivity contribution in [1.29, 1.82) is 5.26 Å². The fourth-order valence-electron chi connectivity index (χ4n) is 6.43. The van der Waals surface area contributed by atoms with Crippen molar-refractivity contribution in [2.45, 2.75) is 0 Å². The van der Waals surface area contributed by atoms with Gasteiger partial charge in [0, 0.05) is 33.5 Å². The van der Waals surface area contributed by atoms with Crippen LogP contribution in [0.2, 0.25) is 0 Å². The molecule has 8 aromatic carbocycles. The van der Waals surface area contributed by atoms with Crippen LogP contribution in [0.4, 0.5) is 34.1 Å². The summed E-state index contributed by atoms with van der Waals surface area (Å²) in [5, 5.41) is 16.7. The minimum atomic E-state index is 0.645. The van der Waals surface area contributed by atoms with Crippen molar-refractivity contribution in [2.24, 2.45) is 0 Å². The molecule has 44 heavy (non-hydrogen) atoms. The summed E-state index contributed by atoms with van der Waals surface area (Å²) >= 11 is 0. The predicted molar refractivity (Wildman–Crippen MR) is 184 cm³/mol. The molecular formula is C41H27N3. The van der Waals surface area contributed by atoms with E-state index in [1.807, 2.05) is 30.3 Å². The summed E-state index contributed by atoms with van der Waals surface area (Å²) in [6.07, 6.45) is 0. The van der Waals surface area contributed by atoms with Gasteiger partial charge >= 0.3 is 0 Å². The minimum absolute atomic E-state index is 0.645. The molecule has 0 aliphatic heterocycles. The average Bonchev–Trinajstić information content (AvgIpc) is 3.10. The van der Waals surface area contributed by atoms with Crippen LogP contribution in [-0.4, -0.2) is 0 Å². The SMILES string of the molecule is N#Cc1ccc(N(c2ccccc2)c2ccc3ccc4c(N(c5ccccc5)c5ccccc5)ccc5ccc2c3c54)cc1. The number of para-hydroxylation sites is 3. The molecule has 0 N–H and O–H groups in total. The van der Waals surface area contributed by atoms with E-state index in [2.05, 4.69) is 149 Å². The van der Waals surface area contributed by atoms with Gasteiger partial charge in [-0.3, -0.25) is 0 Å². The second-order valence-electron chi connectivity index (χ2n) is 10.9. The fraction of sp³-hybridized carbons (Fsp3) is 0. The molecule has 0 fully saturated rings. The number of nitriles is 1. The van der Waals surface area contributed by atoms with Crippen LogP contribution in [-0.2, 0) is 0 Å². The van der Waals surface area contributed by atoms with Crippen molar-refractivity contribution < 1.29 is 0 Å². The smallest absolute Gasteiger partial charge is 0.0991 e. The summed E-state index contributed by atoms with van der Waals surface area (Å²) in [5.74, 6) is 0. The van der Waals surface area contributed by atoms with Gasteiger partial charge in [0.1, 0.15) is 0 Å². The summed E-state index contributed by atoms with van der Waals surface area (Å²) < 4.78 is 0. The van der Waals surface area contributed by atoms with Crippen molar-refractivity contribution in [2.75, 3.05) is 9.80 Å². The van der Waals surface area contributed by atoms with Crippen LogP contribution in [0.15, 0.2) is 164 Å². The van der Waals surface area contributed by atoms with Gasteiger partial charge < -0.3 is 9.80 Å². The highest BCUT2D eigenvalue weighted by molar-refractivity contribution is 6.28. The van der Waals surface area contributed by atoms with E-state index in [4.69, 9.17) is 0 Å². The number of nitrogens with zero attached hydrogens (tertiary/aromatic N) is 3. The second-order valence-corrected chi connectivity index (χ2v) is 10.9. The quantitative estimate of drug-likeness (QED) is 0.189. The first-order chi connectivity index (χ1) is 21.8. The lowest BCUT2D eigenvalue weighted by Gasteiger charge is -2.29. The Morgan fingerprint density at radius 3 is 1.11 bits per heavy atom. The lowest BCUT2D eigenvalue weighted by atomic mass is 9.91. The lowest BCUT2D eigenvalue weighted by Crippen LogP contribution is -2.11. The van der Waals surface area contributed by atoms with Gasteiger partial charge in [0.15, 0.2) is 0 Å². The number of anilines is 6. The van der Waals surface area contributed by atoms with E-state index in [-0.39, 0.29) is 0 Å². The van der Waals surface area contributed by atoms with E-state index in [0.717, 1.165) is 34.1 Å². The Morgan fingerprint density at radius 1 is 0.364 bits per heavy atom. The number of benzene rings is 8. The van der Waals surface area contributed by atoms with E-state index >= 15 is 0 Å². The Kier molecular flexibility index (Phi) is 6.18. The maximum absolute atomic E-state index is 9.44. The highest BCUT2D eigenvalue weighted by Gasteiger charge is 2.21. The maximum Gasteiger partial charge on any atom is 0.0991 e. The zero-order valence-corrected chi connectivity index (χ0v) is 23.9. The third-order valence-corrected chi connectivity index (χ3v) is 8.40. The molecule has 3 heteroatoms. The van der Waals surface area contributed by atoms with Crippen molar-refractivity contribution >= 4 is 66.4 Å². The van der Waals surface area contributed by atoms with Gasteiger partial charge in [-0.1, -0.05) is 91.0 Å². The minimum Gasteiger partial charge on any atom is -0.310 e. The Bertz CT molecular complexity index is 2230. The lowest BCUT2D eigenvalue weighted by molar-refractivity contribution is 1.29. The molecule has 3 nitrogen and oxygen atoms in total. The molecule has 0 saturated heterocycles. The molecule has 8 aromatic rings. The first-order valence-electron chi connectivity index (χ1n) is 14.8. The molecule has 0 aromatic heterocycles. The first-order valence-corrected chi connectivity index (χ1v) is 14.8. The Morgan fingerprint density at radius 2 is 0.727 bits per heavy atom. The standard InChI is InChI=1S/C41H27N3/c42-28-29-16-22-35(23-17-29)44(34-14-8-3-9-15-34)39-27-21-31-18-24-36-38(26-20-30-19-25-37(39)41(31)40(30)36)43(32-10-4-1-5-11-32)33-12-6-2-7-13-33/h1-27H. The van der Waals surface area contributed by atoms with Gasteiger partial charge in [-0.2, -0.15) is 5.26 Å². The summed E-state index contributed by atoms with van der Waals surface area (Å²) in [4.78, 5) is 4.63. The molecule has 206 valence electrons. The van der Waals surface area contributed by atoms with Crippen LogP contribution in [0.3, 0.4) is 0 Å². The molecule has 0 spiro atoms. The van der Waals surface area contributed by atoms with Gasteiger partial charge in [0.25, 0.3) is 0 Å². The van der Waals surface area contributed by atoms with Crippen molar-refractivity contribution in [1.82, 2.24) is 0 Å². The van der Waals surface area contributed by atoms with E-state index in [0.29, 0.717) is 5.56 Å². The molecule has 8 rings (SSSR count). The van der Waals surface area contributed by atoms with Crippen LogP contribution in [0.5, 0.6) is 0 Å². The van der Waals surface area contributed by atoms with Gasteiger partial charge in [-0.15, -0.1) is 0 Å². The zero-order valence-electron chi connectivity index (χ0n) is 23.9. The van der Waals surface area contributed by atoms with E-state index < -0.39 is 0 Å². The normalized spacial score (nSPS) is 11.2. The number of rotatable bonds is 6. The van der Waals surface area contributed by atoms with Crippen LogP contribution in [0.1, 0.15) is 5.56 Å². The van der Waals surface area contributed by atoms with Crippen LogP contribution in [0.25, 0.3) is 32.3 Å². The fourth-order valence-corrected chi connectivity index (χ4v) is 6.43. The van der Waals surface area contributed by atoms with Crippen molar-refractivity contribution in [3.8, 4) is 6.07 Å². The Hall–Kier alpha value is -6.11. The van der Waals surface area contributed by atoms with Gasteiger partial charge in [-0.25, -0.2) is 0 Å². The van der Waals surface area contributed by atoms with Gasteiger partial charge in [0.05, 0.1) is 23.0 Å². The highest BCUT2D eigenvalue weighted by Crippen LogP contribution is 2.47. The molecule has 0 aliphatic rings. The van der Waals surface area contributed by atoms with E-state index in [9.17, 15) is 5.26 Å².